The predicted octanol–water partition coefficient (Wildman–Crippen LogP) is 5.16. The number of aromatic nitrogens is 5. The zero-order valence-corrected chi connectivity index (χ0v) is 22.0. The van der Waals surface area contributed by atoms with Crippen LogP contribution in [-0.4, -0.2) is 49.3 Å². The fraction of sp³-hybridized carbons (Fsp3) is 0.643. The first kappa shape index (κ1) is 25.1. The molecule has 8 nitrogen and oxygen atoms in total. The molecule has 0 radical (unpaired) electrons. The number of nitrogens with one attached hydrogen (secondary N) is 1. The van der Waals surface area contributed by atoms with Gasteiger partial charge in [-0.05, 0) is 91.1 Å². The number of fused-ring (bicyclic) bond motifs is 1. The number of H-pyrrole nitrogens is 1. The number of hydrogen-bond acceptors (Lipinski definition) is 6. The van der Waals surface area contributed by atoms with Crippen molar-refractivity contribution in [2.75, 3.05) is 13.2 Å². The Morgan fingerprint density at radius 3 is 2.67 bits per heavy atom. The van der Waals surface area contributed by atoms with Crippen molar-refractivity contribution in [3.8, 4) is 0 Å². The molecule has 0 unspecified atom stereocenters. The molecule has 0 spiro atoms. The molecule has 0 bridgehead atoms. The zero-order valence-electron chi connectivity index (χ0n) is 22.0. The molecule has 1 saturated carbocycles. The number of rotatable bonds is 9. The van der Waals surface area contributed by atoms with Gasteiger partial charge >= 0.3 is 0 Å². The third-order valence-corrected chi connectivity index (χ3v) is 8.11. The fourth-order valence-electron chi connectivity index (χ4n) is 5.96. The number of ether oxygens (including phenoxy) is 1. The fourth-order valence-corrected chi connectivity index (χ4v) is 5.96. The van der Waals surface area contributed by atoms with Crippen LogP contribution in [-0.2, 0) is 11.3 Å². The van der Waals surface area contributed by atoms with Gasteiger partial charge in [0.05, 0.1) is 18.2 Å². The molecule has 1 N–H and O–H groups in total. The molecule has 1 saturated heterocycles. The Bertz CT molecular complexity index is 1220. The second-order valence-electron chi connectivity index (χ2n) is 10.8. The minimum absolute atomic E-state index is 0.0229. The van der Waals surface area contributed by atoms with E-state index < -0.39 is 0 Å². The van der Waals surface area contributed by atoms with Gasteiger partial charge in [-0.25, -0.2) is 4.68 Å². The summed E-state index contributed by atoms with van der Waals surface area (Å²) in [4.78, 5) is 18.8. The van der Waals surface area contributed by atoms with Crippen molar-refractivity contribution >= 4 is 10.9 Å². The largest absolute Gasteiger partial charge is 0.377 e. The minimum Gasteiger partial charge on any atom is -0.377 e. The van der Waals surface area contributed by atoms with Crippen molar-refractivity contribution < 1.29 is 4.74 Å². The molecule has 0 amide bonds. The topological polar surface area (TPSA) is 88.9 Å². The molecular formula is C28H40N6O2. The van der Waals surface area contributed by atoms with Crippen molar-refractivity contribution in [3.63, 3.8) is 0 Å². The molecule has 3 aromatic rings. The monoisotopic (exact) mass is 492 g/mol. The van der Waals surface area contributed by atoms with Crippen molar-refractivity contribution in [3.05, 3.63) is 51.1 Å². The smallest absolute Gasteiger partial charge is 0.252 e. The van der Waals surface area contributed by atoms with E-state index in [0.717, 1.165) is 74.0 Å². The summed E-state index contributed by atoms with van der Waals surface area (Å²) in [6.07, 6.45) is 10.3. The van der Waals surface area contributed by atoms with Gasteiger partial charge in [0.15, 0.2) is 5.82 Å². The second-order valence-corrected chi connectivity index (χ2v) is 10.8. The van der Waals surface area contributed by atoms with Crippen LogP contribution in [0.25, 0.3) is 10.9 Å². The number of aryl methyl sites for hydroxylation is 2. The molecular weight excluding hydrogens is 452 g/mol. The molecule has 3 heterocycles. The van der Waals surface area contributed by atoms with Gasteiger partial charge in [0.2, 0.25) is 0 Å². The lowest BCUT2D eigenvalue weighted by Crippen LogP contribution is -2.38. The molecule has 2 fully saturated rings. The molecule has 2 atom stereocenters. The number of benzene rings is 1. The van der Waals surface area contributed by atoms with Gasteiger partial charge in [-0.2, -0.15) is 0 Å². The molecule has 5 rings (SSSR count). The van der Waals surface area contributed by atoms with Crippen LogP contribution in [0.4, 0.5) is 0 Å². The standard InChI is InChI=1S/C28H40N6O2/c1-4-9-26(27-30-31-32-34(27)23-10-6-5-7-11-23)33(18-24-12-8-13-36-24)17-22-16-21-14-19(2)20(3)15-25(21)29-28(22)35/h14-16,23-24,26H,4-13,17-18H2,1-3H3,(H,29,35)/t24-,26+/m1/s1. The number of hydrogen-bond donors (Lipinski definition) is 1. The zero-order chi connectivity index (χ0) is 25.1. The van der Waals surface area contributed by atoms with Crippen LogP contribution in [0.1, 0.15) is 99.3 Å². The van der Waals surface area contributed by atoms with Crippen molar-refractivity contribution in [1.29, 1.82) is 0 Å². The Balaban J connectivity index is 1.51. The summed E-state index contributed by atoms with van der Waals surface area (Å²) in [5, 5.41) is 14.3. The quantitative estimate of drug-likeness (QED) is 0.444. The molecule has 1 aliphatic heterocycles. The van der Waals surface area contributed by atoms with E-state index in [9.17, 15) is 4.79 Å². The molecule has 1 aromatic carbocycles. The van der Waals surface area contributed by atoms with Crippen LogP contribution >= 0.6 is 0 Å². The van der Waals surface area contributed by atoms with Crippen LogP contribution in [0, 0.1) is 13.8 Å². The van der Waals surface area contributed by atoms with Crippen molar-refractivity contribution in [2.45, 2.75) is 103 Å². The van der Waals surface area contributed by atoms with Gasteiger partial charge in [0.1, 0.15) is 0 Å². The summed E-state index contributed by atoms with van der Waals surface area (Å²) < 4.78 is 8.15. The van der Waals surface area contributed by atoms with Crippen LogP contribution in [0.15, 0.2) is 23.0 Å². The molecule has 36 heavy (non-hydrogen) atoms. The molecule has 8 heteroatoms. The van der Waals surface area contributed by atoms with E-state index in [2.05, 4.69) is 69.1 Å². The lowest BCUT2D eigenvalue weighted by atomic mass is 9.95. The maximum atomic E-state index is 13.2. The normalized spacial score (nSPS) is 19.9. The first-order valence-corrected chi connectivity index (χ1v) is 13.8. The SMILES string of the molecule is CCC[C@@H](c1nnnn1C1CCCCC1)N(Cc1cc2cc(C)c(C)cc2[nH]c1=O)C[C@H]1CCCO1. The maximum absolute atomic E-state index is 13.2. The lowest BCUT2D eigenvalue weighted by molar-refractivity contribution is 0.0468. The number of aromatic amines is 1. The van der Waals surface area contributed by atoms with Crippen LogP contribution in [0.3, 0.4) is 0 Å². The Morgan fingerprint density at radius 2 is 1.92 bits per heavy atom. The Labute approximate surface area is 213 Å². The van der Waals surface area contributed by atoms with Crippen molar-refractivity contribution in [1.82, 2.24) is 30.1 Å². The van der Waals surface area contributed by atoms with E-state index >= 15 is 0 Å². The second kappa shape index (κ2) is 11.2. The van der Waals surface area contributed by atoms with E-state index in [1.54, 1.807) is 0 Å². The third kappa shape index (κ3) is 5.39. The summed E-state index contributed by atoms with van der Waals surface area (Å²) in [6.45, 7) is 8.53. The summed E-state index contributed by atoms with van der Waals surface area (Å²) >= 11 is 0. The molecule has 2 aliphatic rings. The highest BCUT2D eigenvalue weighted by Crippen LogP contribution is 2.33. The summed E-state index contributed by atoms with van der Waals surface area (Å²) in [5.74, 6) is 0.936. The van der Waals surface area contributed by atoms with Gasteiger partial charge in [0.25, 0.3) is 5.56 Å². The van der Waals surface area contributed by atoms with Gasteiger partial charge in [-0.1, -0.05) is 32.6 Å². The molecule has 1 aliphatic carbocycles. The third-order valence-electron chi connectivity index (χ3n) is 8.11. The Kier molecular flexibility index (Phi) is 7.82. The van der Waals surface area contributed by atoms with Crippen molar-refractivity contribution in [2.24, 2.45) is 0 Å². The summed E-state index contributed by atoms with van der Waals surface area (Å²) in [5.41, 5.74) is 4.06. The molecule has 2 aromatic heterocycles. The van der Waals surface area contributed by atoms with E-state index in [0.29, 0.717) is 12.6 Å². The maximum Gasteiger partial charge on any atom is 0.252 e. The Morgan fingerprint density at radius 1 is 1.11 bits per heavy atom. The van der Waals surface area contributed by atoms with Gasteiger partial charge < -0.3 is 9.72 Å². The summed E-state index contributed by atoms with van der Waals surface area (Å²) in [6, 6.07) is 6.70. The van der Waals surface area contributed by atoms with Crippen LogP contribution in [0.5, 0.6) is 0 Å². The number of nitrogens with zero attached hydrogens (tertiary/aromatic N) is 5. The average molecular weight is 493 g/mol. The predicted molar refractivity (Wildman–Crippen MR) is 141 cm³/mol. The first-order valence-electron chi connectivity index (χ1n) is 13.8. The number of pyridine rings is 1. The average Bonchev–Trinajstić information content (AvgIpc) is 3.57. The van der Waals surface area contributed by atoms with E-state index in [1.807, 2.05) is 0 Å². The highest BCUT2D eigenvalue weighted by molar-refractivity contribution is 5.80. The van der Waals surface area contributed by atoms with E-state index in [-0.39, 0.29) is 17.7 Å². The van der Waals surface area contributed by atoms with Gasteiger partial charge in [-0.3, -0.25) is 9.69 Å². The molecule has 194 valence electrons. The van der Waals surface area contributed by atoms with Crippen LogP contribution < -0.4 is 5.56 Å². The highest BCUT2D eigenvalue weighted by atomic mass is 16.5. The Hall–Kier alpha value is -2.58. The van der Waals surface area contributed by atoms with E-state index in [1.165, 1.54) is 30.4 Å². The number of tetrazole rings is 1. The van der Waals surface area contributed by atoms with Gasteiger partial charge in [-0.15, -0.1) is 5.10 Å². The summed E-state index contributed by atoms with van der Waals surface area (Å²) in [7, 11) is 0. The first-order chi connectivity index (χ1) is 17.5. The highest BCUT2D eigenvalue weighted by Gasteiger charge is 2.32. The van der Waals surface area contributed by atoms with E-state index in [4.69, 9.17) is 4.74 Å². The lowest BCUT2D eigenvalue weighted by Gasteiger charge is -2.33. The minimum atomic E-state index is -0.0229. The van der Waals surface area contributed by atoms with Crippen LogP contribution in [0.2, 0.25) is 0 Å². The van der Waals surface area contributed by atoms with Gasteiger partial charge in [0, 0.05) is 30.8 Å².